The summed E-state index contributed by atoms with van der Waals surface area (Å²) >= 11 is 0. The fourth-order valence-corrected chi connectivity index (χ4v) is 3.35. The second-order valence-corrected chi connectivity index (χ2v) is 6.91. The molecule has 0 saturated carbocycles. The predicted octanol–water partition coefficient (Wildman–Crippen LogP) is 4.03. The third-order valence-electron chi connectivity index (χ3n) is 4.80. The number of hydrogen-bond donors (Lipinski definition) is 1. The molecule has 1 fully saturated rings. The first-order valence-corrected chi connectivity index (χ1v) is 9.50. The predicted molar refractivity (Wildman–Crippen MR) is 104 cm³/mol. The van der Waals surface area contributed by atoms with E-state index in [0.29, 0.717) is 42.8 Å². The molecule has 0 atom stereocenters. The van der Waals surface area contributed by atoms with Gasteiger partial charge < -0.3 is 15.0 Å². The third kappa shape index (κ3) is 4.52. The Hall–Kier alpha value is -3.17. The number of alkyl halides is 2. The maximum absolute atomic E-state index is 13.8. The molecule has 3 heterocycles. The standard InChI is InChI=1S/C20H19F4N5O/c21-12-1-2-17(14(22)9-12)30-13-4-7-29(8-5-13)20-19(26-11-18(23)24)27-15-3-6-25-10-16(15)28-20/h1-3,6,9-10,13,18H,4-5,7-8,11H2,(H,26,27). The van der Waals surface area contributed by atoms with Crippen molar-refractivity contribution in [3.63, 3.8) is 0 Å². The number of halogens is 4. The quantitative estimate of drug-likeness (QED) is 0.607. The molecule has 0 unspecified atom stereocenters. The molecule has 1 aliphatic heterocycles. The minimum Gasteiger partial charge on any atom is -0.487 e. The summed E-state index contributed by atoms with van der Waals surface area (Å²) in [5.41, 5.74) is 1.11. The summed E-state index contributed by atoms with van der Waals surface area (Å²) in [6.45, 7) is 0.482. The van der Waals surface area contributed by atoms with Gasteiger partial charge in [0.1, 0.15) is 17.4 Å². The summed E-state index contributed by atoms with van der Waals surface area (Å²) in [4.78, 5) is 14.9. The van der Waals surface area contributed by atoms with Crippen molar-refractivity contribution in [2.45, 2.75) is 25.4 Å². The summed E-state index contributed by atoms with van der Waals surface area (Å²) in [5.74, 6) is -0.669. The summed E-state index contributed by atoms with van der Waals surface area (Å²) in [5, 5.41) is 2.66. The van der Waals surface area contributed by atoms with Crippen molar-refractivity contribution in [3.05, 3.63) is 48.3 Å². The van der Waals surface area contributed by atoms with Gasteiger partial charge in [-0.2, -0.15) is 0 Å². The van der Waals surface area contributed by atoms with E-state index in [-0.39, 0.29) is 17.7 Å². The lowest BCUT2D eigenvalue weighted by Gasteiger charge is -2.33. The number of benzene rings is 1. The van der Waals surface area contributed by atoms with Crippen LogP contribution in [-0.4, -0.2) is 47.1 Å². The van der Waals surface area contributed by atoms with Gasteiger partial charge in [-0.3, -0.25) is 4.98 Å². The van der Waals surface area contributed by atoms with Crippen LogP contribution in [0.15, 0.2) is 36.7 Å². The van der Waals surface area contributed by atoms with Crippen molar-refractivity contribution in [1.29, 1.82) is 0 Å². The Balaban J connectivity index is 1.49. The van der Waals surface area contributed by atoms with Crippen LogP contribution in [0, 0.1) is 11.6 Å². The highest BCUT2D eigenvalue weighted by Crippen LogP contribution is 2.29. The third-order valence-corrected chi connectivity index (χ3v) is 4.80. The number of fused-ring (bicyclic) bond motifs is 1. The number of nitrogens with one attached hydrogen (secondary N) is 1. The smallest absolute Gasteiger partial charge is 0.255 e. The van der Waals surface area contributed by atoms with Crippen LogP contribution in [0.25, 0.3) is 11.0 Å². The molecule has 6 nitrogen and oxygen atoms in total. The number of rotatable bonds is 6. The monoisotopic (exact) mass is 421 g/mol. The molecule has 0 amide bonds. The fraction of sp³-hybridized carbons (Fsp3) is 0.350. The molecule has 0 spiro atoms. The molecule has 1 saturated heterocycles. The topological polar surface area (TPSA) is 63.2 Å². The van der Waals surface area contributed by atoms with E-state index in [1.54, 1.807) is 18.5 Å². The van der Waals surface area contributed by atoms with E-state index in [1.165, 1.54) is 6.07 Å². The van der Waals surface area contributed by atoms with Crippen molar-refractivity contribution in [2.24, 2.45) is 0 Å². The minimum absolute atomic E-state index is 0.00529. The Morgan fingerprint density at radius 2 is 1.90 bits per heavy atom. The van der Waals surface area contributed by atoms with E-state index in [2.05, 4.69) is 20.3 Å². The van der Waals surface area contributed by atoms with Gasteiger partial charge in [-0.1, -0.05) is 0 Å². The molecular formula is C20H19F4N5O. The largest absolute Gasteiger partial charge is 0.487 e. The molecule has 1 N–H and O–H groups in total. The van der Waals surface area contributed by atoms with Crippen LogP contribution in [0.4, 0.5) is 29.2 Å². The zero-order valence-corrected chi connectivity index (χ0v) is 15.9. The average molecular weight is 421 g/mol. The van der Waals surface area contributed by atoms with Crippen molar-refractivity contribution in [3.8, 4) is 5.75 Å². The van der Waals surface area contributed by atoms with Gasteiger partial charge in [-0.15, -0.1) is 0 Å². The summed E-state index contributed by atoms with van der Waals surface area (Å²) in [6.07, 6.45) is 1.45. The Labute approximate surface area is 169 Å². The number of pyridine rings is 1. The number of ether oxygens (including phenoxy) is 1. The molecule has 1 aliphatic rings. The molecule has 2 aromatic heterocycles. The van der Waals surface area contributed by atoms with Crippen molar-refractivity contribution in [2.75, 3.05) is 29.9 Å². The highest BCUT2D eigenvalue weighted by Gasteiger charge is 2.25. The van der Waals surface area contributed by atoms with Crippen LogP contribution in [0.2, 0.25) is 0 Å². The van der Waals surface area contributed by atoms with Gasteiger partial charge in [-0.25, -0.2) is 27.5 Å². The SMILES string of the molecule is Fc1ccc(OC2CCN(c3nc4cnccc4nc3NCC(F)F)CC2)c(F)c1. The maximum Gasteiger partial charge on any atom is 0.255 e. The molecular weight excluding hydrogens is 402 g/mol. The van der Waals surface area contributed by atoms with Crippen molar-refractivity contribution >= 4 is 22.7 Å². The molecule has 30 heavy (non-hydrogen) atoms. The molecule has 3 aromatic rings. The number of anilines is 2. The summed E-state index contributed by atoms with van der Waals surface area (Å²) in [6, 6.07) is 4.86. The first-order chi connectivity index (χ1) is 14.5. The maximum atomic E-state index is 13.8. The van der Waals surface area contributed by atoms with Gasteiger partial charge in [0, 0.05) is 38.2 Å². The lowest BCUT2D eigenvalue weighted by atomic mass is 10.1. The molecule has 1 aromatic carbocycles. The van der Waals surface area contributed by atoms with Crippen LogP contribution in [0.1, 0.15) is 12.8 Å². The molecule has 10 heteroatoms. The number of piperidine rings is 1. The van der Waals surface area contributed by atoms with E-state index in [1.807, 2.05) is 4.90 Å². The number of aromatic nitrogens is 3. The van der Waals surface area contributed by atoms with Crippen LogP contribution < -0.4 is 15.0 Å². The first-order valence-electron chi connectivity index (χ1n) is 9.50. The molecule has 0 radical (unpaired) electrons. The van der Waals surface area contributed by atoms with Gasteiger partial charge in [0.05, 0.1) is 18.3 Å². The normalized spacial score (nSPS) is 15.0. The van der Waals surface area contributed by atoms with Crippen LogP contribution in [0.5, 0.6) is 5.75 Å². The number of nitrogens with zero attached hydrogens (tertiary/aromatic N) is 4. The lowest BCUT2D eigenvalue weighted by molar-refractivity contribution is 0.162. The summed E-state index contributed by atoms with van der Waals surface area (Å²) in [7, 11) is 0. The van der Waals surface area contributed by atoms with Gasteiger partial charge in [0.2, 0.25) is 0 Å². The second-order valence-electron chi connectivity index (χ2n) is 6.91. The molecule has 0 aliphatic carbocycles. The first kappa shape index (κ1) is 20.1. The van der Waals surface area contributed by atoms with Gasteiger partial charge >= 0.3 is 0 Å². The Bertz CT molecular complexity index is 1030. The molecule has 158 valence electrons. The van der Waals surface area contributed by atoms with E-state index in [0.717, 1.165) is 12.1 Å². The highest BCUT2D eigenvalue weighted by molar-refractivity contribution is 5.79. The molecule has 4 rings (SSSR count). The van der Waals surface area contributed by atoms with Crippen LogP contribution >= 0.6 is 0 Å². The summed E-state index contributed by atoms with van der Waals surface area (Å²) < 4.78 is 58.0. The van der Waals surface area contributed by atoms with Gasteiger partial charge in [0.15, 0.2) is 23.2 Å². The van der Waals surface area contributed by atoms with Crippen molar-refractivity contribution in [1.82, 2.24) is 15.0 Å². The lowest BCUT2D eigenvalue weighted by Crippen LogP contribution is -2.39. The van der Waals surface area contributed by atoms with E-state index >= 15 is 0 Å². The minimum atomic E-state index is -2.53. The van der Waals surface area contributed by atoms with E-state index < -0.39 is 24.6 Å². The zero-order valence-electron chi connectivity index (χ0n) is 15.9. The zero-order chi connectivity index (χ0) is 21.1. The van der Waals surface area contributed by atoms with Crippen molar-refractivity contribution < 1.29 is 22.3 Å². The fourth-order valence-electron chi connectivity index (χ4n) is 3.35. The Kier molecular flexibility index (Phi) is 5.82. The van der Waals surface area contributed by atoms with E-state index in [9.17, 15) is 17.6 Å². The van der Waals surface area contributed by atoms with Gasteiger partial charge in [-0.05, 0) is 18.2 Å². The number of hydrogen-bond acceptors (Lipinski definition) is 6. The second kappa shape index (κ2) is 8.68. The van der Waals surface area contributed by atoms with Crippen LogP contribution in [-0.2, 0) is 0 Å². The van der Waals surface area contributed by atoms with E-state index in [4.69, 9.17) is 4.74 Å². The Morgan fingerprint density at radius 1 is 1.10 bits per heavy atom. The molecule has 0 bridgehead atoms. The highest BCUT2D eigenvalue weighted by atomic mass is 19.3. The average Bonchev–Trinajstić information content (AvgIpc) is 2.74. The Morgan fingerprint density at radius 3 is 2.63 bits per heavy atom. The van der Waals surface area contributed by atoms with Gasteiger partial charge in [0.25, 0.3) is 6.43 Å². The van der Waals surface area contributed by atoms with Crippen LogP contribution in [0.3, 0.4) is 0 Å².